The van der Waals surface area contributed by atoms with Gasteiger partial charge >= 0.3 is 0 Å². The summed E-state index contributed by atoms with van der Waals surface area (Å²) >= 11 is 0. The van der Waals surface area contributed by atoms with Crippen molar-refractivity contribution < 1.29 is 4.79 Å². The molecule has 0 radical (unpaired) electrons. The number of fused-ring (bicyclic) bond motifs is 4. The van der Waals surface area contributed by atoms with E-state index in [2.05, 4.69) is 50.0 Å². The minimum Gasteiger partial charge on any atom is -0.378 e. The quantitative estimate of drug-likeness (QED) is 0.757. The zero-order valence-corrected chi connectivity index (χ0v) is 17.6. The summed E-state index contributed by atoms with van der Waals surface area (Å²) < 4.78 is 0. The molecule has 2 aromatic rings. The number of pyridine rings is 1. The van der Waals surface area contributed by atoms with Crippen LogP contribution in [0.15, 0.2) is 48.8 Å². The first-order valence-electron chi connectivity index (χ1n) is 10.8. The molecule has 29 heavy (non-hydrogen) atoms. The number of carbonyl (C=O) groups is 1. The van der Waals surface area contributed by atoms with Crippen LogP contribution in [0.5, 0.6) is 0 Å². The van der Waals surface area contributed by atoms with E-state index in [1.807, 2.05) is 32.6 Å². The van der Waals surface area contributed by atoms with E-state index < -0.39 is 0 Å². The van der Waals surface area contributed by atoms with Crippen molar-refractivity contribution in [1.82, 2.24) is 14.8 Å². The van der Waals surface area contributed by atoms with Crippen molar-refractivity contribution in [2.45, 2.75) is 38.3 Å². The van der Waals surface area contributed by atoms with Crippen LogP contribution < -0.4 is 4.90 Å². The smallest absolute Gasteiger partial charge is 0.223 e. The van der Waals surface area contributed by atoms with E-state index in [-0.39, 0.29) is 0 Å². The second-order valence-electron chi connectivity index (χ2n) is 8.76. The van der Waals surface area contributed by atoms with Gasteiger partial charge in [-0.2, -0.15) is 0 Å². The van der Waals surface area contributed by atoms with Crippen LogP contribution >= 0.6 is 0 Å². The predicted octanol–water partition coefficient (Wildman–Crippen LogP) is 3.20. The molecule has 2 unspecified atom stereocenters. The molecular formula is C24H32N4O. The number of benzene rings is 1. The van der Waals surface area contributed by atoms with E-state index in [9.17, 15) is 4.79 Å². The lowest BCUT2D eigenvalue weighted by Crippen LogP contribution is -2.47. The Balaban J connectivity index is 1.34. The van der Waals surface area contributed by atoms with E-state index in [1.165, 1.54) is 23.2 Å². The van der Waals surface area contributed by atoms with Gasteiger partial charge in [0.15, 0.2) is 0 Å². The lowest BCUT2D eigenvalue weighted by molar-refractivity contribution is -0.135. The fourth-order valence-electron chi connectivity index (χ4n) is 4.72. The fraction of sp³-hybridized carbons (Fsp3) is 0.500. The van der Waals surface area contributed by atoms with Gasteiger partial charge in [-0.05, 0) is 54.5 Å². The minimum absolute atomic E-state index is 0.319. The molecule has 154 valence electrons. The summed E-state index contributed by atoms with van der Waals surface area (Å²) in [5.41, 5.74) is 3.69. The molecule has 5 heteroatoms. The van der Waals surface area contributed by atoms with Gasteiger partial charge in [-0.1, -0.05) is 18.2 Å². The normalized spacial score (nSPS) is 21.8. The number of aryl methyl sites for hydroxylation is 1. The Hall–Kier alpha value is -2.40. The zero-order valence-electron chi connectivity index (χ0n) is 17.6. The van der Waals surface area contributed by atoms with Crippen LogP contribution in [0.2, 0.25) is 0 Å². The highest BCUT2D eigenvalue weighted by atomic mass is 16.2. The van der Waals surface area contributed by atoms with Crippen molar-refractivity contribution in [3.8, 4) is 0 Å². The highest BCUT2D eigenvalue weighted by Crippen LogP contribution is 2.29. The van der Waals surface area contributed by atoms with Gasteiger partial charge in [0, 0.05) is 70.8 Å². The van der Waals surface area contributed by atoms with Crippen LogP contribution in [0.25, 0.3) is 0 Å². The van der Waals surface area contributed by atoms with Gasteiger partial charge in [0.05, 0.1) is 0 Å². The number of hydrogen-bond acceptors (Lipinski definition) is 4. The molecule has 0 spiro atoms. The first-order valence-corrected chi connectivity index (χ1v) is 10.8. The molecule has 1 aromatic heterocycles. The van der Waals surface area contributed by atoms with Gasteiger partial charge in [0.25, 0.3) is 0 Å². The summed E-state index contributed by atoms with van der Waals surface area (Å²) in [6, 6.07) is 13.1. The number of rotatable bonds is 6. The van der Waals surface area contributed by atoms with Crippen molar-refractivity contribution in [3.05, 3.63) is 59.9 Å². The maximum absolute atomic E-state index is 13.0. The Labute approximate surface area is 174 Å². The van der Waals surface area contributed by atoms with E-state index in [1.54, 1.807) is 0 Å². The highest BCUT2D eigenvalue weighted by molar-refractivity contribution is 5.77. The van der Waals surface area contributed by atoms with Crippen LogP contribution in [-0.4, -0.2) is 60.5 Å². The molecular weight excluding hydrogens is 360 g/mol. The molecule has 0 aliphatic carbocycles. The molecule has 3 aliphatic rings. The Morgan fingerprint density at radius 3 is 2.62 bits per heavy atom. The Morgan fingerprint density at radius 1 is 1.07 bits per heavy atom. The lowest BCUT2D eigenvalue weighted by Gasteiger charge is -2.36. The number of hydrogen-bond donors (Lipinski definition) is 0. The molecule has 3 aliphatic heterocycles. The third kappa shape index (κ3) is 4.96. The average Bonchev–Trinajstić information content (AvgIpc) is 3.03. The number of carbonyl (C=O) groups excluding carboxylic acids is 1. The van der Waals surface area contributed by atoms with Crippen LogP contribution in [0.4, 0.5) is 5.69 Å². The maximum atomic E-state index is 13.0. The molecule has 1 aromatic carbocycles. The average molecular weight is 393 g/mol. The number of amides is 1. The molecule has 4 heterocycles. The molecule has 0 N–H and O–H groups in total. The van der Waals surface area contributed by atoms with Crippen molar-refractivity contribution in [2.24, 2.45) is 5.92 Å². The lowest BCUT2D eigenvalue weighted by atomic mass is 9.94. The van der Waals surface area contributed by atoms with Crippen molar-refractivity contribution in [2.75, 3.05) is 38.6 Å². The number of anilines is 1. The summed E-state index contributed by atoms with van der Waals surface area (Å²) in [7, 11) is 4.09. The molecule has 5 nitrogen and oxygen atoms in total. The molecule has 2 bridgehead atoms. The van der Waals surface area contributed by atoms with E-state index in [0.29, 0.717) is 24.3 Å². The summed E-state index contributed by atoms with van der Waals surface area (Å²) in [6.07, 6.45) is 7.58. The third-order valence-corrected chi connectivity index (χ3v) is 6.32. The Morgan fingerprint density at radius 2 is 1.90 bits per heavy atom. The largest absolute Gasteiger partial charge is 0.378 e. The number of aromatic nitrogens is 1. The van der Waals surface area contributed by atoms with E-state index >= 15 is 0 Å². The first kappa shape index (κ1) is 19.9. The predicted molar refractivity (Wildman–Crippen MR) is 117 cm³/mol. The van der Waals surface area contributed by atoms with Crippen molar-refractivity contribution in [1.29, 1.82) is 0 Å². The molecule has 5 rings (SSSR count). The van der Waals surface area contributed by atoms with Crippen LogP contribution in [0.1, 0.15) is 30.4 Å². The molecule has 2 atom stereocenters. The minimum atomic E-state index is 0.319. The van der Waals surface area contributed by atoms with Crippen LogP contribution in [0.3, 0.4) is 0 Å². The van der Waals surface area contributed by atoms with Gasteiger partial charge < -0.3 is 9.80 Å². The van der Waals surface area contributed by atoms with Gasteiger partial charge in [0.1, 0.15) is 0 Å². The second-order valence-corrected chi connectivity index (χ2v) is 8.76. The van der Waals surface area contributed by atoms with E-state index in [0.717, 1.165) is 39.0 Å². The Bertz CT molecular complexity index is 805. The summed E-state index contributed by atoms with van der Waals surface area (Å²) in [5.74, 6) is 0.911. The van der Waals surface area contributed by atoms with Crippen molar-refractivity contribution in [3.63, 3.8) is 0 Å². The fourth-order valence-corrected chi connectivity index (χ4v) is 4.72. The zero-order chi connectivity index (χ0) is 20.2. The molecule has 0 saturated carbocycles. The SMILES string of the molecule is CN(C)c1ccc(CCC(=O)N2CC3CCC2CN(Cc2cccnc2)C3)cc1. The second kappa shape index (κ2) is 8.95. The van der Waals surface area contributed by atoms with E-state index in [4.69, 9.17) is 0 Å². The van der Waals surface area contributed by atoms with Gasteiger partial charge in [-0.25, -0.2) is 0 Å². The summed E-state index contributed by atoms with van der Waals surface area (Å²) in [6.45, 7) is 3.92. The van der Waals surface area contributed by atoms with Crippen molar-refractivity contribution >= 4 is 11.6 Å². The molecule has 3 saturated heterocycles. The Kier molecular flexibility index (Phi) is 6.14. The highest BCUT2D eigenvalue weighted by Gasteiger charge is 2.36. The monoisotopic (exact) mass is 392 g/mol. The van der Waals surface area contributed by atoms with Crippen LogP contribution in [0, 0.1) is 5.92 Å². The number of piperidine rings is 1. The summed E-state index contributed by atoms with van der Waals surface area (Å²) in [4.78, 5) is 24.1. The van der Waals surface area contributed by atoms with Gasteiger partial charge in [-0.3, -0.25) is 14.7 Å². The van der Waals surface area contributed by atoms with Crippen LogP contribution in [-0.2, 0) is 17.8 Å². The molecule has 3 fully saturated rings. The maximum Gasteiger partial charge on any atom is 0.223 e. The summed E-state index contributed by atoms with van der Waals surface area (Å²) in [5, 5.41) is 0. The topological polar surface area (TPSA) is 39.7 Å². The van der Waals surface area contributed by atoms with Gasteiger partial charge in [-0.15, -0.1) is 0 Å². The third-order valence-electron chi connectivity index (χ3n) is 6.32. The first-order chi connectivity index (χ1) is 14.1. The number of nitrogens with zero attached hydrogens (tertiary/aromatic N) is 4. The molecule has 1 amide bonds. The standard InChI is InChI=1S/C24H32N4O/c1-26(2)22-9-5-19(6-10-22)8-12-24(29)28-17-21-7-11-23(28)18-27(16-21)15-20-4-3-13-25-14-20/h3-6,9-10,13-14,21,23H,7-8,11-12,15-18H2,1-2H3. The van der Waals surface area contributed by atoms with Gasteiger partial charge in [0.2, 0.25) is 5.91 Å².